The summed E-state index contributed by atoms with van der Waals surface area (Å²) in [5.41, 5.74) is 7.45. The Kier molecular flexibility index (Phi) is 6.69. The predicted molar refractivity (Wildman–Crippen MR) is 89.6 cm³/mol. The maximum atomic E-state index is 12.3. The molecule has 1 aromatic rings. The van der Waals surface area contributed by atoms with Crippen molar-refractivity contribution in [2.24, 2.45) is 11.1 Å². The van der Waals surface area contributed by atoms with Crippen molar-refractivity contribution in [1.29, 1.82) is 0 Å². The van der Waals surface area contributed by atoms with Gasteiger partial charge in [-0.05, 0) is 30.2 Å². The lowest BCUT2D eigenvalue weighted by molar-refractivity contribution is -0.134. The SMILES string of the molecule is CC1(C)CN(C(=O)CCCc2ccccc2)CCC1N.Cl. The number of halogens is 1. The Morgan fingerprint density at radius 1 is 1.33 bits per heavy atom. The summed E-state index contributed by atoms with van der Waals surface area (Å²) in [5, 5.41) is 0. The number of hydrogen-bond donors (Lipinski definition) is 1. The fourth-order valence-corrected chi connectivity index (χ4v) is 2.83. The molecule has 0 spiro atoms. The van der Waals surface area contributed by atoms with Crippen LogP contribution in [0.2, 0.25) is 0 Å². The third-order valence-electron chi connectivity index (χ3n) is 4.36. The van der Waals surface area contributed by atoms with Crippen LogP contribution in [0.4, 0.5) is 0 Å². The second-order valence-electron chi connectivity index (χ2n) is 6.54. The molecule has 3 nitrogen and oxygen atoms in total. The van der Waals surface area contributed by atoms with Crippen LogP contribution in [-0.2, 0) is 11.2 Å². The molecule has 1 aromatic carbocycles. The largest absolute Gasteiger partial charge is 0.342 e. The molecule has 0 saturated carbocycles. The van der Waals surface area contributed by atoms with Gasteiger partial charge >= 0.3 is 0 Å². The van der Waals surface area contributed by atoms with Crippen LogP contribution < -0.4 is 5.73 Å². The van der Waals surface area contributed by atoms with Crippen molar-refractivity contribution in [1.82, 2.24) is 4.90 Å². The van der Waals surface area contributed by atoms with Crippen LogP contribution in [0.25, 0.3) is 0 Å². The number of piperidine rings is 1. The van der Waals surface area contributed by atoms with Gasteiger partial charge in [0.1, 0.15) is 0 Å². The van der Waals surface area contributed by atoms with Gasteiger partial charge in [0.15, 0.2) is 0 Å². The molecular formula is C17H27ClN2O. The topological polar surface area (TPSA) is 46.3 Å². The van der Waals surface area contributed by atoms with Crippen LogP contribution in [-0.4, -0.2) is 29.9 Å². The van der Waals surface area contributed by atoms with E-state index in [2.05, 4.69) is 26.0 Å². The number of rotatable bonds is 4. The van der Waals surface area contributed by atoms with Gasteiger partial charge < -0.3 is 10.6 Å². The van der Waals surface area contributed by atoms with E-state index in [0.29, 0.717) is 6.42 Å². The van der Waals surface area contributed by atoms with E-state index in [9.17, 15) is 4.79 Å². The highest BCUT2D eigenvalue weighted by atomic mass is 35.5. The molecule has 1 saturated heterocycles. The monoisotopic (exact) mass is 310 g/mol. The minimum atomic E-state index is 0. The number of amides is 1. The number of nitrogens with two attached hydrogens (primary N) is 1. The van der Waals surface area contributed by atoms with Gasteiger partial charge in [0.05, 0.1) is 0 Å². The molecule has 4 heteroatoms. The fourth-order valence-electron chi connectivity index (χ4n) is 2.83. The molecule has 0 aliphatic carbocycles. The standard InChI is InChI=1S/C17H26N2O.ClH/c1-17(2)13-19(12-11-15(17)18)16(20)10-6-9-14-7-4-3-5-8-14;/h3-5,7-8,15H,6,9-13,18H2,1-2H3;1H. The van der Waals surface area contributed by atoms with E-state index in [1.54, 1.807) is 0 Å². The molecule has 1 amide bonds. The molecule has 1 fully saturated rings. The summed E-state index contributed by atoms with van der Waals surface area (Å²) in [7, 11) is 0. The van der Waals surface area contributed by atoms with E-state index in [0.717, 1.165) is 32.4 Å². The van der Waals surface area contributed by atoms with Crippen molar-refractivity contribution in [3.05, 3.63) is 35.9 Å². The molecule has 1 unspecified atom stereocenters. The average molecular weight is 311 g/mol. The average Bonchev–Trinajstić information content (AvgIpc) is 2.43. The Bertz CT molecular complexity index is 447. The molecule has 0 aromatic heterocycles. The molecule has 21 heavy (non-hydrogen) atoms. The number of likely N-dealkylation sites (tertiary alicyclic amines) is 1. The molecule has 1 heterocycles. The van der Waals surface area contributed by atoms with Gasteiger partial charge in [0.25, 0.3) is 0 Å². The van der Waals surface area contributed by atoms with Crippen LogP contribution in [0.5, 0.6) is 0 Å². The van der Waals surface area contributed by atoms with E-state index in [4.69, 9.17) is 5.73 Å². The smallest absolute Gasteiger partial charge is 0.222 e. The lowest BCUT2D eigenvalue weighted by Gasteiger charge is -2.42. The van der Waals surface area contributed by atoms with E-state index in [1.807, 2.05) is 23.1 Å². The van der Waals surface area contributed by atoms with Gasteiger partial charge in [-0.1, -0.05) is 44.2 Å². The first-order valence-electron chi connectivity index (χ1n) is 7.56. The highest BCUT2D eigenvalue weighted by molar-refractivity contribution is 5.85. The van der Waals surface area contributed by atoms with Gasteiger partial charge in [-0.2, -0.15) is 0 Å². The van der Waals surface area contributed by atoms with E-state index < -0.39 is 0 Å². The second kappa shape index (κ2) is 7.81. The summed E-state index contributed by atoms with van der Waals surface area (Å²) in [5.74, 6) is 0.279. The van der Waals surface area contributed by atoms with Gasteiger partial charge in [0, 0.05) is 25.6 Å². The minimum absolute atomic E-state index is 0. The third kappa shape index (κ3) is 5.01. The zero-order valence-corrected chi connectivity index (χ0v) is 13.9. The van der Waals surface area contributed by atoms with E-state index in [1.165, 1.54) is 5.56 Å². The normalized spacial score (nSPS) is 20.7. The Labute approximate surface area is 134 Å². The molecular weight excluding hydrogens is 284 g/mol. The van der Waals surface area contributed by atoms with Crippen molar-refractivity contribution in [2.75, 3.05) is 13.1 Å². The molecule has 2 rings (SSSR count). The van der Waals surface area contributed by atoms with Gasteiger partial charge in [-0.15, -0.1) is 12.4 Å². The zero-order valence-electron chi connectivity index (χ0n) is 13.0. The number of carbonyl (C=O) groups is 1. The zero-order chi connectivity index (χ0) is 14.6. The van der Waals surface area contributed by atoms with Crippen molar-refractivity contribution in [2.45, 2.75) is 45.6 Å². The molecule has 0 bridgehead atoms. The van der Waals surface area contributed by atoms with Gasteiger partial charge in [0.2, 0.25) is 5.91 Å². The van der Waals surface area contributed by atoms with Crippen molar-refractivity contribution in [3.63, 3.8) is 0 Å². The lowest BCUT2D eigenvalue weighted by atomic mass is 9.79. The highest BCUT2D eigenvalue weighted by Crippen LogP contribution is 2.28. The Morgan fingerprint density at radius 3 is 2.62 bits per heavy atom. The fraction of sp³-hybridized carbons (Fsp3) is 0.588. The third-order valence-corrected chi connectivity index (χ3v) is 4.36. The minimum Gasteiger partial charge on any atom is -0.342 e. The summed E-state index contributed by atoms with van der Waals surface area (Å²) in [6.45, 7) is 5.91. The molecule has 1 atom stereocenters. The number of aryl methyl sites for hydroxylation is 1. The Hall–Kier alpha value is -1.06. The second-order valence-corrected chi connectivity index (χ2v) is 6.54. The molecule has 0 radical (unpaired) electrons. The first kappa shape index (κ1) is 18.0. The first-order chi connectivity index (χ1) is 9.49. The summed E-state index contributed by atoms with van der Waals surface area (Å²) in [6, 6.07) is 10.6. The number of hydrogen-bond acceptors (Lipinski definition) is 2. The van der Waals surface area contributed by atoms with E-state index >= 15 is 0 Å². The number of benzene rings is 1. The van der Waals surface area contributed by atoms with Crippen molar-refractivity contribution >= 4 is 18.3 Å². The molecule has 2 N–H and O–H groups in total. The van der Waals surface area contributed by atoms with Crippen LogP contribution in [0, 0.1) is 5.41 Å². The van der Waals surface area contributed by atoms with Gasteiger partial charge in [-0.3, -0.25) is 4.79 Å². The van der Waals surface area contributed by atoms with Crippen molar-refractivity contribution in [3.8, 4) is 0 Å². The Morgan fingerprint density at radius 2 is 2.00 bits per heavy atom. The number of carbonyl (C=O) groups excluding carboxylic acids is 1. The van der Waals surface area contributed by atoms with E-state index in [-0.39, 0.29) is 29.8 Å². The first-order valence-corrected chi connectivity index (χ1v) is 7.56. The molecule has 118 valence electrons. The Balaban J connectivity index is 0.00000220. The predicted octanol–water partition coefficient (Wildman–Crippen LogP) is 3.02. The molecule has 1 aliphatic heterocycles. The van der Waals surface area contributed by atoms with Crippen LogP contribution in [0.1, 0.15) is 38.7 Å². The molecule has 1 aliphatic rings. The van der Waals surface area contributed by atoms with Crippen LogP contribution >= 0.6 is 12.4 Å². The van der Waals surface area contributed by atoms with Crippen molar-refractivity contribution < 1.29 is 4.79 Å². The van der Waals surface area contributed by atoms with Gasteiger partial charge in [-0.25, -0.2) is 0 Å². The van der Waals surface area contributed by atoms with Crippen LogP contribution in [0.3, 0.4) is 0 Å². The summed E-state index contributed by atoms with van der Waals surface area (Å²) in [4.78, 5) is 14.3. The highest BCUT2D eigenvalue weighted by Gasteiger charge is 2.34. The maximum Gasteiger partial charge on any atom is 0.222 e. The summed E-state index contributed by atoms with van der Waals surface area (Å²) in [6.07, 6.45) is 3.45. The summed E-state index contributed by atoms with van der Waals surface area (Å²) >= 11 is 0. The quantitative estimate of drug-likeness (QED) is 0.929. The van der Waals surface area contributed by atoms with Crippen LogP contribution in [0.15, 0.2) is 30.3 Å². The summed E-state index contributed by atoms with van der Waals surface area (Å²) < 4.78 is 0. The lowest BCUT2D eigenvalue weighted by Crippen LogP contribution is -2.53. The maximum absolute atomic E-state index is 12.3. The number of nitrogens with zero attached hydrogens (tertiary/aromatic N) is 1.